The summed E-state index contributed by atoms with van der Waals surface area (Å²) >= 11 is 0. The third-order valence-electron chi connectivity index (χ3n) is 11.9. The second-order valence-electron chi connectivity index (χ2n) is 14.3. The van der Waals surface area contributed by atoms with Crippen LogP contribution in [0.5, 0.6) is 0 Å². The van der Waals surface area contributed by atoms with Crippen molar-refractivity contribution >= 4 is 18.3 Å². The van der Waals surface area contributed by atoms with Crippen LogP contribution in [0, 0.1) is 34.5 Å². The van der Waals surface area contributed by atoms with Crippen molar-refractivity contribution in [3.8, 4) is 0 Å². The molecule has 2 saturated heterocycles. The fourth-order valence-electron chi connectivity index (χ4n) is 8.95. The van der Waals surface area contributed by atoms with Crippen molar-refractivity contribution in [2.75, 3.05) is 20.3 Å². The summed E-state index contributed by atoms with van der Waals surface area (Å²) < 4.78 is 29.9. The van der Waals surface area contributed by atoms with Gasteiger partial charge in [0.05, 0.1) is 24.7 Å². The Morgan fingerprint density at radius 1 is 1.02 bits per heavy atom. The lowest BCUT2D eigenvalue weighted by atomic mass is 9.42. The van der Waals surface area contributed by atoms with Crippen molar-refractivity contribution in [1.29, 1.82) is 0 Å². The summed E-state index contributed by atoms with van der Waals surface area (Å²) in [6, 6.07) is 9.46. The van der Waals surface area contributed by atoms with Crippen LogP contribution in [0.25, 0.3) is 6.08 Å². The molecule has 4 fully saturated rings. The van der Waals surface area contributed by atoms with E-state index in [1.807, 2.05) is 37.3 Å². The molecule has 14 atom stereocenters. The average molecular weight is 661 g/mol. The molecule has 262 valence electrons. The molecular formula is C36H52O11. The Hall–Kier alpha value is -2.22. The summed E-state index contributed by atoms with van der Waals surface area (Å²) in [5, 5.41) is 41.5. The first kappa shape index (κ1) is 36.1. The lowest BCUT2D eigenvalue weighted by molar-refractivity contribution is -0.335. The fraction of sp³-hybridized carbons (Fsp3) is 0.722. The van der Waals surface area contributed by atoms with Crippen molar-refractivity contribution < 1.29 is 53.7 Å². The number of methoxy groups -OCH3 is 1. The summed E-state index contributed by atoms with van der Waals surface area (Å²) in [7, 11) is 1.65. The molecule has 2 aliphatic carbocycles. The molecule has 1 aromatic rings. The number of aliphatic hydroxyl groups excluding tert-OH is 4. The van der Waals surface area contributed by atoms with Gasteiger partial charge in [0.15, 0.2) is 12.6 Å². The Labute approximate surface area is 277 Å². The number of esters is 1. The number of fused-ring (bicyclic) bond motifs is 1. The Morgan fingerprint density at radius 2 is 1.77 bits per heavy atom. The Bertz CT molecular complexity index is 1220. The second-order valence-corrected chi connectivity index (χ2v) is 14.3. The molecule has 2 saturated carbocycles. The summed E-state index contributed by atoms with van der Waals surface area (Å²) in [6.45, 7) is 6.34. The van der Waals surface area contributed by atoms with E-state index in [9.17, 15) is 30.0 Å². The molecule has 47 heavy (non-hydrogen) atoms. The number of hydrogen-bond donors (Lipinski definition) is 4. The molecule has 5 rings (SSSR count). The Kier molecular flexibility index (Phi) is 11.6. The molecule has 4 aliphatic rings. The zero-order valence-corrected chi connectivity index (χ0v) is 27.9. The molecule has 11 heteroatoms. The van der Waals surface area contributed by atoms with Gasteiger partial charge >= 0.3 is 5.97 Å². The minimum Gasteiger partial charge on any atom is -0.459 e. The van der Waals surface area contributed by atoms with Gasteiger partial charge < -0.3 is 48.9 Å². The first-order chi connectivity index (χ1) is 22.5. The summed E-state index contributed by atoms with van der Waals surface area (Å²) in [5.41, 5.74) is -0.751. The number of hydrogen-bond acceptors (Lipinski definition) is 11. The number of rotatable bonds is 11. The van der Waals surface area contributed by atoms with E-state index in [4.69, 9.17) is 23.7 Å². The Morgan fingerprint density at radius 3 is 2.45 bits per heavy atom. The zero-order valence-electron chi connectivity index (χ0n) is 27.9. The first-order valence-corrected chi connectivity index (χ1v) is 17.0. The highest BCUT2D eigenvalue weighted by Crippen LogP contribution is 2.64. The van der Waals surface area contributed by atoms with Crippen LogP contribution < -0.4 is 0 Å². The maximum absolute atomic E-state index is 13.7. The lowest BCUT2D eigenvalue weighted by Gasteiger charge is -2.64. The second kappa shape index (κ2) is 15.1. The number of carbonyl (C=O) groups is 2. The van der Waals surface area contributed by atoms with E-state index in [1.165, 1.54) is 6.08 Å². The third kappa shape index (κ3) is 6.96. The molecule has 1 aromatic carbocycles. The van der Waals surface area contributed by atoms with Crippen LogP contribution in [-0.4, -0.2) is 102 Å². The van der Waals surface area contributed by atoms with Gasteiger partial charge in [0.2, 0.25) is 0 Å². The average Bonchev–Trinajstić information content (AvgIpc) is 3.54. The summed E-state index contributed by atoms with van der Waals surface area (Å²) in [4.78, 5) is 27.0. The predicted molar refractivity (Wildman–Crippen MR) is 170 cm³/mol. The minimum atomic E-state index is -1.61. The predicted octanol–water partition coefficient (Wildman–Crippen LogP) is 2.86. The van der Waals surface area contributed by atoms with Gasteiger partial charge in [-0.2, -0.15) is 0 Å². The van der Waals surface area contributed by atoms with Crippen LogP contribution in [0.3, 0.4) is 0 Å². The number of ether oxygens (including phenoxy) is 5. The molecule has 4 N–H and O–H groups in total. The van der Waals surface area contributed by atoms with Gasteiger partial charge in [0.25, 0.3) is 0 Å². The van der Waals surface area contributed by atoms with Crippen molar-refractivity contribution in [2.45, 2.75) is 108 Å². The molecule has 3 unspecified atom stereocenters. The zero-order chi connectivity index (χ0) is 33.9. The third-order valence-corrected chi connectivity index (χ3v) is 11.9. The van der Waals surface area contributed by atoms with Crippen LogP contribution in [0.4, 0.5) is 0 Å². The fourth-order valence-corrected chi connectivity index (χ4v) is 8.95. The molecule has 0 spiro atoms. The van der Waals surface area contributed by atoms with Gasteiger partial charge in [0, 0.05) is 25.0 Å². The van der Waals surface area contributed by atoms with Gasteiger partial charge in [-0.1, -0.05) is 51.1 Å². The van der Waals surface area contributed by atoms with Gasteiger partial charge in [-0.05, 0) is 67.4 Å². The lowest BCUT2D eigenvalue weighted by Crippen LogP contribution is -2.68. The van der Waals surface area contributed by atoms with Crippen LogP contribution in [0.2, 0.25) is 0 Å². The highest BCUT2D eigenvalue weighted by molar-refractivity contribution is 5.87. The van der Waals surface area contributed by atoms with Crippen molar-refractivity contribution in [3.05, 3.63) is 42.0 Å². The van der Waals surface area contributed by atoms with Crippen LogP contribution in [0.1, 0.15) is 64.9 Å². The van der Waals surface area contributed by atoms with E-state index in [2.05, 4.69) is 13.8 Å². The van der Waals surface area contributed by atoms with E-state index in [1.54, 1.807) is 13.2 Å². The maximum Gasteiger partial charge on any atom is 0.331 e. The van der Waals surface area contributed by atoms with Gasteiger partial charge in [-0.15, -0.1) is 0 Å². The molecular weight excluding hydrogens is 608 g/mol. The number of carbonyl (C=O) groups excluding carboxylic acids is 2. The first-order valence-electron chi connectivity index (χ1n) is 17.0. The largest absolute Gasteiger partial charge is 0.459 e. The number of aliphatic hydroxyl groups is 4. The number of aldehydes is 1. The number of benzene rings is 1. The Balaban J connectivity index is 1.49. The van der Waals surface area contributed by atoms with Gasteiger partial charge in [-0.3, -0.25) is 0 Å². The van der Waals surface area contributed by atoms with E-state index in [0.717, 1.165) is 31.1 Å². The van der Waals surface area contributed by atoms with Crippen LogP contribution >= 0.6 is 0 Å². The normalized spacial score (nSPS) is 43.8. The van der Waals surface area contributed by atoms with Gasteiger partial charge in [0.1, 0.15) is 36.8 Å². The maximum atomic E-state index is 13.7. The summed E-state index contributed by atoms with van der Waals surface area (Å²) in [5.74, 6) is -0.960. The highest BCUT2D eigenvalue weighted by Gasteiger charge is 2.66. The highest BCUT2D eigenvalue weighted by atomic mass is 16.7. The smallest absolute Gasteiger partial charge is 0.331 e. The van der Waals surface area contributed by atoms with Crippen molar-refractivity contribution in [1.82, 2.24) is 0 Å². The molecule has 0 amide bonds. The summed E-state index contributed by atoms with van der Waals surface area (Å²) in [6.07, 6.45) is -0.892. The molecule has 0 aromatic heterocycles. The monoisotopic (exact) mass is 660 g/mol. The van der Waals surface area contributed by atoms with E-state index >= 15 is 0 Å². The molecule has 0 bridgehead atoms. The van der Waals surface area contributed by atoms with E-state index in [0.29, 0.717) is 25.9 Å². The van der Waals surface area contributed by atoms with Crippen LogP contribution in [0.15, 0.2) is 36.4 Å². The van der Waals surface area contributed by atoms with Crippen molar-refractivity contribution in [3.63, 3.8) is 0 Å². The van der Waals surface area contributed by atoms with E-state index in [-0.39, 0.29) is 24.0 Å². The quantitative estimate of drug-likeness (QED) is 0.157. The van der Waals surface area contributed by atoms with Gasteiger partial charge in [-0.25, -0.2) is 4.79 Å². The van der Waals surface area contributed by atoms with Crippen LogP contribution in [-0.2, 0) is 33.3 Å². The topological polar surface area (TPSA) is 161 Å². The molecule has 0 radical (unpaired) electrons. The van der Waals surface area contributed by atoms with E-state index < -0.39 is 72.2 Å². The molecule has 2 aliphatic heterocycles. The van der Waals surface area contributed by atoms with Crippen molar-refractivity contribution in [2.24, 2.45) is 34.5 Å². The SMILES string of the molecule is COC1OCC[C@@H]1CC[C@]1(C)[C@@H](C)CC(O[C@H]2O[C@H](CO)[C@@H](O)[C@H](O)[C@H]2O)[C@]2(C=O)[C@@H](C)CCC(OC(=O)/C=C\c3ccccc3)[C@@H]12. The molecule has 11 nitrogen and oxygen atoms in total. The standard InChI is InChI=1S/C36H52O11/c1-21-10-12-25(45-28(39)13-11-23-8-6-5-7-9-23)32-35(3,16-14-24-15-17-44-33(24)43-4)22(2)18-27(36(21,32)20-38)47-34-31(42)30(41)29(40)26(19-37)46-34/h5-9,11,13,20-22,24-27,29-34,37,40-42H,10,12,14-19H2,1-4H3/b13-11-/t21-,22-,24-,25?,26+,27?,29+,30-,31+,32-,33?,34+,35+,36-/m0/s1. The minimum absolute atomic E-state index is 0.0230. The molecule has 2 heterocycles.